The van der Waals surface area contributed by atoms with E-state index in [1.165, 1.54) is 0 Å². The molecular weight excluding hydrogens is 366 g/mol. The summed E-state index contributed by atoms with van der Waals surface area (Å²) < 4.78 is 5.78. The lowest BCUT2D eigenvalue weighted by Gasteiger charge is -2.35. The molecule has 0 saturated carbocycles. The molecule has 0 bridgehead atoms. The van der Waals surface area contributed by atoms with Gasteiger partial charge in [-0.15, -0.1) is 0 Å². The fourth-order valence-electron chi connectivity index (χ4n) is 3.45. The molecule has 0 unspecified atom stereocenters. The summed E-state index contributed by atoms with van der Waals surface area (Å²) in [5.74, 6) is 1.64. The molecule has 0 aromatic heterocycles. The van der Waals surface area contributed by atoms with Gasteiger partial charge in [-0.1, -0.05) is 18.2 Å². The molecule has 0 spiro atoms. The van der Waals surface area contributed by atoms with E-state index in [4.69, 9.17) is 4.74 Å². The van der Waals surface area contributed by atoms with E-state index in [0.29, 0.717) is 44.0 Å². The SMILES string of the molecule is CCN(CC)C(=O)CN1CCN(C(=O)c2ccc(Oc3ccccc3)cc2)CC1. The largest absolute Gasteiger partial charge is 0.457 e. The van der Waals surface area contributed by atoms with Crippen LogP contribution in [0.25, 0.3) is 0 Å². The zero-order chi connectivity index (χ0) is 20.6. The Kier molecular flexibility index (Phi) is 7.25. The van der Waals surface area contributed by atoms with Gasteiger partial charge >= 0.3 is 0 Å². The van der Waals surface area contributed by atoms with Crippen LogP contribution in [0.5, 0.6) is 11.5 Å². The number of carbonyl (C=O) groups is 2. The van der Waals surface area contributed by atoms with E-state index in [1.807, 2.05) is 66.1 Å². The second-order valence-electron chi connectivity index (χ2n) is 7.07. The molecule has 6 heteroatoms. The minimum atomic E-state index is 0.0194. The molecule has 1 fully saturated rings. The number of hydrogen-bond acceptors (Lipinski definition) is 4. The predicted octanol–water partition coefficient (Wildman–Crippen LogP) is 3.11. The zero-order valence-corrected chi connectivity index (χ0v) is 17.2. The normalized spacial score (nSPS) is 14.5. The lowest BCUT2D eigenvalue weighted by atomic mass is 10.1. The monoisotopic (exact) mass is 395 g/mol. The third kappa shape index (κ3) is 5.57. The van der Waals surface area contributed by atoms with Crippen molar-refractivity contribution < 1.29 is 14.3 Å². The van der Waals surface area contributed by atoms with E-state index >= 15 is 0 Å². The first-order valence-electron chi connectivity index (χ1n) is 10.2. The number of nitrogens with zero attached hydrogens (tertiary/aromatic N) is 3. The molecule has 6 nitrogen and oxygen atoms in total. The first-order chi connectivity index (χ1) is 14.1. The minimum Gasteiger partial charge on any atom is -0.457 e. The molecule has 29 heavy (non-hydrogen) atoms. The second-order valence-corrected chi connectivity index (χ2v) is 7.07. The van der Waals surface area contributed by atoms with Crippen molar-refractivity contribution in [2.24, 2.45) is 0 Å². The number of ether oxygens (including phenoxy) is 1. The van der Waals surface area contributed by atoms with Crippen molar-refractivity contribution in [3.63, 3.8) is 0 Å². The summed E-state index contributed by atoms with van der Waals surface area (Å²) in [4.78, 5) is 30.9. The van der Waals surface area contributed by atoms with Crippen molar-refractivity contribution in [3.8, 4) is 11.5 Å². The summed E-state index contributed by atoms with van der Waals surface area (Å²) in [6, 6.07) is 16.8. The van der Waals surface area contributed by atoms with Crippen LogP contribution in [-0.4, -0.2) is 72.3 Å². The van der Waals surface area contributed by atoms with Gasteiger partial charge in [0.25, 0.3) is 5.91 Å². The molecule has 1 heterocycles. The number of benzene rings is 2. The minimum absolute atomic E-state index is 0.0194. The molecule has 3 rings (SSSR count). The molecule has 2 amide bonds. The molecule has 1 saturated heterocycles. The Labute approximate surface area is 172 Å². The molecule has 0 radical (unpaired) electrons. The summed E-state index contributed by atoms with van der Waals surface area (Å²) in [7, 11) is 0. The van der Waals surface area contributed by atoms with Crippen molar-refractivity contribution >= 4 is 11.8 Å². The number of likely N-dealkylation sites (N-methyl/N-ethyl adjacent to an activating group) is 1. The summed E-state index contributed by atoms with van der Waals surface area (Å²) in [6.07, 6.45) is 0. The Morgan fingerprint density at radius 2 is 1.45 bits per heavy atom. The molecule has 2 aromatic carbocycles. The standard InChI is InChI=1S/C23H29N3O3/c1-3-25(4-2)22(27)18-24-14-16-26(17-15-24)23(28)19-10-12-21(13-11-19)29-20-8-6-5-7-9-20/h5-13H,3-4,14-18H2,1-2H3. The van der Waals surface area contributed by atoms with Gasteiger partial charge in [0, 0.05) is 44.8 Å². The molecule has 0 aliphatic carbocycles. The number of carbonyl (C=O) groups excluding carboxylic acids is 2. The Balaban J connectivity index is 1.51. The zero-order valence-electron chi connectivity index (χ0n) is 17.2. The van der Waals surface area contributed by atoms with Gasteiger partial charge in [0.1, 0.15) is 11.5 Å². The highest BCUT2D eigenvalue weighted by atomic mass is 16.5. The van der Waals surface area contributed by atoms with Gasteiger partial charge in [-0.05, 0) is 50.2 Å². The van der Waals surface area contributed by atoms with Gasteiger partial charge in [0.2, 0.25) is 5.91 Å². The summed E-state index contributed by atoms with van der Waals surface area (Å²) in [6.45, 7) is 8.58. The van der Waals surface area contributed by atoms with Crippen LogP contribution < -0.4 is 4.74 Å². The highest BCUT2D eigenvalue weighted by Gasteiger charge is 2.24. The Bertz CT molecular complexity index is 796. The molecule has 1 aliphatic rings. The molecule has 2 aromatic rings. The number of piperazine rings is 1. The van der Waals surface area contributed by atoms with Crippen molar-refractivity contribution in [1.29, 1.82) is 0 Å². The van der Waals surface area contributed by atoms with Crippen LogP contribution in [0, 0.1) is 0 Å². The van der Waals surface area contributed by atoms with Gasteiger partial charge in [-0.2, -0.15) is 0 Å². The average Bonchev–Trinajstić information content (AvgIpc) is 2.76. The highest BCUT2D eigenvalue weighted by molar-refractivity contribution is 5.94. The van der Waals surface area contributed by atoms with Crippen molar-refractivity contribution in [1.82, 2.24) is 14.7 Å². The summed E-state index contributed by atoms with van der Waals surface area (Å²) in [5, 5.41) is 0. The van der Waals surface area contributed by atoms with Gasteiger partial charge in [0.15, 0.2) is 0 Å². The fourth-order valence-corrected chi connectivity index (χ4v) is 3.45. The van der Waals surface area contributed by atoms with E-state index in [9.17, 15) is 9.59 Å². The summed E-state index contributed by atoms with van der Waals surface area (Å²) >= 11 is 0. The smallest absolute Gasteiger partial charge is 0.253 e. The quantitative estimate of drug-likeness (QED) is 0.723. The summed E-state index contributed by atoms with van der Waals surface area (Å²) in [5.41, 5.74) is 0.651. The number of amides is 2. The van der Waals surface area contributed by atoms with Gasteiger partial charge in [0.05, 0.1) is 6.54 Å². The number of rotatable bonds is 7. The van der Waals surface area contributed by atoms with Crippen molar-refractivity contribution in [3.05, 3.63) is 60.2 Å². The maximum absolute atomic E-state index is 12.8. The topological polar surface area (TPSA) is 53.1 Å². The Morgan fingerprint density at radius 1 is 0.862 bits per heavy atom. The van der Waals surface area contributed by atoms with Gasteiger partial charge < -0.3 is 14.5 Å². The van der Waals surface area contributed by atoms with E-state index in [0.717, 1.165) is 18.8 Å². The maximum Gasteiger partial charge on any atom is 0.253 e. The van der Waals surface area contributed by atoms with E-state index in [-0.39, 0.29) is 11.8 Å². The predicted molar refractivity (Wildman–Crippen MR) is 113 cm³/mol. The third-order valence-electron chi connectivity index (χ3n) is 5.21. The van der Waals surface area contributed by atoms with Crippen LogP contribution in [-0.2, 0) is 4.79 Å². The van der Waals surface area contributed by atoms with Gasteiger partial charge in [-0.3, -0.25) is 14.5 Å². The highest BCUT2D eigenvalue weighted by Crippen LogP contribution is 2.21. The van der Waals surface area contributed by atoms with Crippen molar-refractivity contribution in [2.75, 3.05) is 45.8 Å². The number of para-hydroxylation sites is 1. The Hall–Kier alpha value is -2.86. The fraction of sp³-hybridized carbons (Fsp3) is 0.391. The second kappa shape index (κ2) is 10.1. The Morgan fingerprint density at radius 3 is 2.03 bits per heavy atom. The van der Waals surface area contributed by atoms with E-state index in [2.05, 4.69) is 4.90 Å². The van der Waals surface area contributed by atoms with Crippen LogP contribution in [0.4, 0.5) is 0 Å². The van der Waals surface area contributed by atoms with Crippen LogP contribution in [0.2, 0.25) is 0 Å². The first kappa shape index (κ1) is 20.9. The lowest BCUT2D eigenvalue weighted by Crippen LogP contribution is -2.51. The van der Waals surface area contributed by atoms with Gasteiger partial charge in [-0.25, -0.2) is 0 Å². The molecule has 0 N–H and O–H groups in total. The molecule has 154 valence electrons. The average molecular weight is 396 g/mol. The van der Waals surface area contributed by atoms with Crippen LogP contribution in [0.3, 0.4) is 0 Å². The maximum atomic E-state index is 12.8. The van der Waals surface area contributed by atoms with Crippen LogP contribution >= 0.6 is 0 Å². The molecule has 0 atom stereocenters. The lowest BCUT2D eigenvalue weighted by molar-refractivity contribution is -0.132. The third-order valence-corrected chi connectivity index (χ3v) is 5.21. The van der Waals surface area contributed by atoms with E-state index in [1.54, 1.807) is 12.1 Å². The molecular formula is C23H29N3O3. The van der Waals surface area contributed by atoms with Crippen molar-refractivity contribution in [2.45, 2.75) is 13.8 Å². The van der Waals surface area contributed by atoms with E-state index < -0.39 is 0 Å². The van der Waals surface area contributed by atoms with Crippen LogP contribution in [0.1, 0.15) is 24.2 Å². The first-order valence-corrected chi connectivity index (χ1v) is 10.2. The van der Waals surface area contributed by atoms with Crippen LogP contribution in [0.15, 0.2) is 54.6 Å². The number of hydrogen-bond donors (Lipinski definition) is 0. The molecule has 1 aliphatic heterocycles.